The number of hydrogen-bond acceptors (Lipinski definition) is 9. The number of ether oxygens (including phenoxy) is 1. The Balaban J connectivity index is 1.43. The van der Waals surface area contributed by atoms with Crippen LogP contribution in [0.3, 0.4) is 0 Å². The molecule has 0 aromatic carbocycles. The minimum Gasteiger partial charge on any atom is -0.379 e. The summed E-state index contributed by atoms with van der Waals surface area (Å²) in [4.78, 5) is 36.2. The fraction of sp³-hybridized carbons (Fsp3) is 0.739. The van der Waals surface area contributed by atoms with Gasteiger partial charge in [-0.05, 0) is 36.8 Å². The first-order valence-corrected chi connectivity index (χ1v) is 13.1. The third-order valence-corrected chi connectivity index (χ3v) is 7.49. The smallest absolute Gasteiger partial charge is 0.243 e. The molecule has 0 bridgehead atoms. The third-order valence-electron chi connectivity index (χ3n) is 7.32. The predicted octanol–water partition coefficient (Wildman–Crippen LogP) is 2.06. The highest BCUT2D eigenvalue weighted by Gasteiger charge is 2.32. The number of nitrogens with one attached hydrogen (secondary N) is 2. The van der Waals surface area contributed by atoms with Crippen molar-refractivity contribution in [2.75, 3.05) is 56.3 Å². The molecule has 11 nitrogen and oxygen atoms in total. The van der Waals surface area contributed by atoms with Crippen LogP contribution < -0.4 is 15.8 Å². The molecule has 3 fully saturated rings. The standard InChI is InChI=1S/C23H35ClFN7O4/c24-23-26-20(28-29-22(34)17(13-31(35)15-33)12-16-4-1-2-5-16)19(25)21(27-23)32-7-3-6-18(32)14-30-8-10-36-11-9-30/h15-18,35H,1-14H2,(H,29,34)(H,26,27,28)/t17-,18+/m0/s1. The molecule has 0 unspecified atom stereocenters. The van der Waals surface area contributed by atoms with Crippen LogP contribution in [0.2, 0.25) is 5.28 Å². The van der Waals surface area contributed by atoms with Gasteiger partial charge in [-0.2, -0.15) is 14.4 Å². The lowest BCUT2D eigenvalue weighted by Crippen LogP contribution is -2.45. The number of hydrogen-bond donors (Lipinski definition) is 3. The fourth-order valence-corrected chi connectivity index (χ4v) is 5.64. The summed E-state index contributed by atoms with van der Waals surface area (Å²) in [7, 11) is 0. The van der Waals surface area contributed by atoms with Gasteiger partial charge in [0, 0.05) is 32.2 Å². The highest BCUT2D eigenvalue weighted by Crippen LogP contribution is 2.32. The van der Waals surface area contributed by atoms with E-state index in [-0.39, 0.29) is 35.9 Å². The van der Waals surface area contributed by atoms with Gasteiger partial charge in [0.1, 0.15) is 0 Å². The molecule has 3 heterocycles. The summed E-state index contributed by atoms with van der Waals surface area (Å²) in [6, 6.07) is 0.0840. The molecule has 1 aromatic heterocycles. The summed E-state index contributed by atoms with van der Waals surface area (Å²) < 4.78 is 21.0. The van der Waals surface area contributed by atoms with Crippen molar-refractivity contribution in [2.24, 2.45) is 11.8 Å². The maximum Gasteiger partial charge on any atom is 0.243 e. The highest BCUT2D eigenvalue weighted by atomic mass is 35.5. The molecular weight excluding hydrogens is 493 g/mol. The maximum absolute atomic E-state index is 15.5. The van der Waals surface area contributed by atoms with E-state index in [0.717, 1.165) is 58.2 Å². The Morgan fingerprint density at radius 1 is 1.22 bits per heavy atom. The molecule has 3 N–H and O–H groups in total. The Morgan fingerprint density at radius 2 is 1.97 bits per heavy atom. The molecule has 0 spiro atoms. The molecule has 4 rings (SSSR count). The number of rotatable bonds is 11. The molecular formula is C23H35ClFN7O4. The monoisotopic (exact) mass is 527 g/mol. The van der Waals surface area contributed by atoms with Gasteiger partial charge in [0.15, 0.2) is 11.6 Å². The van der Waals surface area contributed by atoms with Crippen molar-refractivity contribution < 1.29 is 23.9 Å². The van der Waals surface area contributed by atoms with E-state index in [0.29, 0.717) is 37.2 Å². The van der Waals surface area contributed by atoms with Gasteiger partial charge in [-0.3, -0.25) is 30.5 Å². The predicted molar refractivity (Wildman–Crippen MR) is 131 cm³/mol. The molecule has 2 aliphatic heterocycles. The molecule has 2 atom stereocenters. The Labute approximate surface area is 215 Å². The molecule has 200 valence electrons. The van der Waals surface area contributed by atoms with Crippen LogP contribution >= 0.6 is 11.6 Å². The molecule has 3 aliphatic rings. The number of anilines is 2. The SMILES string of the molecule is O=CN(O)C[C@H](CC1CCCC1)C(=O)NNc1nc(Cl)nc(N2CCC[C@@H]2CN2CCOCC2)c1F. The van der Waals surface area contributed by atoms with Crippen LogP contribution in [0.15, 0.2) is 0 Å². The number of aromatic nitrogens is 2. The van der Waals surface area contributed by atoms with Crippen LogP contribution in [0.25, 0.3) is 0 Å². The Bertz CT molecular complexity index is 901. The topological polar surface area (TPSA) is 123 Å². The first-order chi connectivity index (χ1) is 17.4. The fourth-order valence-electron chi connectivity index (χ4n) is 5.47. The summed E-state index contributed by atoms with van der Waals surface area (Å²) >= 11 is 6.15. The van der Waals surface area contributed by atoms with E-state index in [1.807, 2.05) is 4.90 Å². The Kier molecular flexibility index (Phi) is 9.52. The Hall–Kier alpha value is -2.28. The Morgan fingerprint density at radius 3 is 2.69 bits per heavy atom. The van der Waals surface area contributed by atoms with Gasteiger partial charge in [-0.25, -0.2) is 5.06 Å². The van der Waals surface area contributed by atoms with Crippen molar-refractivity contribution in [3.63, 3.8) is 0 Å². The number of carbonyl (C=O) groups is 2. The lowest BCUT2D eigenvalue weighted by atomic mass is 9.92. The second kappa shape index (κ2) is 12.8. The first-order valence-electron chi connectivity index (χ1n) is 12.7. The van der Waals surface area contributed by atoms with Gasteiger partial charge in [0.05, 0.1) is 25.7 Å². The zero-order chi connectivity index (χ0) is 25.5. The number of nitrogens with zero attached hydrogens (tertiary/aromatic N) is 5. The second-order valence-electron chi connectivity index (χ2n) is 9.81. The zero-order valence-corrected chi connectivity index (χ0v) is 21.1. The van der Waals surface area contributed by atoms with Gasteiger partial charge in [-0.15, -0.1) is 0 Å². The molecule has 1 aromatic rings. The average molecular weight is 528 g/mol. The summed E-state index contributed by atoms with van der Waals surface area (Å²) in [5.41, 5.74) is 5.05. The van der Waals surface area contributed by atoms with Gasteiger partial charge in [0.25, 0.3) is 0 Å². The maximum atomic E-state index is 15.5. The van der Waals surface area contributed by atoms with E-state index < -0.39 is 17.6 Å². The summed E-state index contributed by atoms with van der Waals surface area (Å²) in [6.45, 7) is 4.34. The molecule has 36 heavy (non-hydrogen) atoms. The number of morpholine rings is 1. The number of hydrazine groups is 1. The van der Waals surface area contributed by atoms with Crippen LogP contribution in [0, 0.1) is 17.7 Å². The van der Waals surface area contributed by atoms with E-state index >= 15 is 4.39 Å². The van der Waals surface area contributed by atoms with Crippen molar-refractivity contribution in [2.45, 2.75) is 51.0 Å². The molecule has 1 aliphatic carbocycles. The minimum absolute atomic E-state index is 0.0840. The number of halogens is 2. The lowest BCUT2D eigenvalue weighted by molar-refractivity contribution is -0.154. The van der Waals surface area contributed by atoms with Crippen LogP contribution in [0.1, 0.15) is 44.9 Å². The quantitative estimate of drug-likeness (QED) is 0.172. The van der Waals surface area contributed by atoms with Crippen LogP contribution in [-0.4, -0.2) is 89.4 Å². The summed E-state index contributed by atoms with van der Waals surface area (Å²) in [5.74, 6) is -1.61. The first kappa shape index (κ1) is 26.8. The third kappa shape index (κ3) is 6.93. The summed E-state index contributed by atoms with van der Waals surface area (Å²) in [5, 5.41) is 9.99. The van der Waals surface area contributed by atoms with E-state index in [1.165, 1.54) is 0 Å². The summed E-state index contributed by atoms with van der Waals surface area (Å²) in [6.07, 6.45) is 6.82. The van der Waals surface area contributed by atoms with Crippen molar-refractivity contribution in [3.8, 4) is 0 Å². The van der Waals surface area contributed by atoms with Gasteiger partial charge < -0.3 is 9.64 Å². The molecule has 1 saturated carbocycles. The second-order valence-corrected chi connectivity index (χ2v) is 10.1. The van der Waals surface area contributed by atoms with Gasteiger partial charge in [-0.1, -0.05) is 25.7 Å². The minimum atomic E-state index is -0.697. The van der Waals surface area contributed by atoms with Crippen LogP contribution in [0.4, 0.5) is 16.0 Å². The van der Waals surface area contributed by atoms with Crippen LogP contribution in [0.5, 0.6) is 0 Å². The van der Waals surface area contributed by atoms with E-state index in [1.54, 1.807) is 0 Å². The van der Waals surface area contributed by atoms with Gasteiger partial charge in [0.2, 0.25) is 23.4 Å². The number of hydroxylamine groups is 2. The van der Waals surface area contributed by atoms with E-state index in [9.17, 15) is 14.8 Å². The van der Waals surface area contributed by atoms with Crippen molar-refractivity contribution in [3.05, 3.63) is 11.1 Å². The van der Waals surface area contributed by atoms with E-state index in [4.69, 9.17) is 16.3 Å². The van der Waals surface area contributed by atoms with Gasteiger partial charge >= 0.3 is 0 Å². The lowest BCUT2D eigenvalue weighted by Gasteiger charge is -2.33. The number of amides is 2. The van der Waals surface area contributed by atoms with Crippen molar-refractivity contribution in [1.29, 1.82) is 0 Å². The molecule has 0 radical (unpaired) electrons. The molecule has 2 amide bonds. The largest absolute Gasteiger partial charge is 0.379 e. The molecule has 13 heteroatoms. The number of carbonyl (C=O) groups excluding carboxylic acids is 2. The highest BCUT2D eigenvalue weighted by molar-refractivity contribution is 6.28. The van der Waals surface area contributed by atoms with Crippen molar-refractivity contribution in [1.82, 2.24) is 25.4 Å². The zero-order valence-electron chi connectivity index (χ0n) is 20.4. The van der Waals surface area contributed by atoms with E-state index in [2.05, 4.69) is 25.7 Å². The molecule has 2 saturated heterocycles. The normalized spacial score (nSPS) is 22.0. The van der Waals surface area contributed by atoms with Crippen molar-refractivity contribution >= 4 is 35.6 Å². The average Bonchev–Trinajstić information content (AvgIpc) is 3.56. The van der Waals surface area contributed by atoms with Crippen LogP contribution in [-0.2, 0) is 14.3 Å².